The zero-order valence-electron chi connectivity index (χ0n) is 19.0. The Morgan fingerprint density at radius 1 is 1.18 bits per heavy atom. The molecule has 1 aromatic carbocycles. The van der Waals surface area contributed by atoms with Crippen molar-refractivity contribution < 1.29 is 29.2 Å². The molecule has 2 heterocycles. The summed E-state index contributed by atoms with van der Waals surface area (Å²) in [6, 6.07) is 8.97. The minimum absolute atomic E-state index is 0.200. The van der Waals surface area contributed by atoms with E-state index in [1.165, 1.54) is 10.6 Å². The Kier molecular flexibility index (Phi) is 6.71. The first kappa shape index (κ1) is 23.3. The molecule has 9 heteroatoms. The maximum atomic E-state index is 13.6. The third-order valence-electron chi connectivity index (χ3n) is 6.68. The molecule has 0 radical (unpaired) electrons. The molecule has 4 rings (SSSR count). The highest BCUT2D eigenvalue weighted by Gasteiger charge is 2.57. The molecule has 0 aromatic heterocycles. The van der Waals surface area contributed by atoms with Gasteiger partial charge in [0.1, 0.15) is 6.04 Å². The molecular weight excluding hydrogens is 426 g/mol. The van der Waals surface area contributed by atoms with Crippen LogP contribution in [0.25, 0.3) is 5.57 Å². The maximum absolute atomic E-state index is 13.6. The third-order valence-corrected chi connectivity index (χ3v) is 6.68. The average Bonchev–Trinajstić information content (AvgIpc) is 3.56. The first-order valence-corrected chi connectivity index (χ1v) is 11.4. The standard InChI is InChI=1S/C24H31N3O6/c1-16(2)32-23(30)33-27-15-24(10-11-24)14-19(21(28)25-31)20(27)22(29)26-12-8-18(9-13-26)17-6-4-3-5-7-17/h3-8,16,19-20,31H,9-15H2,1-2H3,(H,25,28). The van der Waals surface area contributed by atoms with E-state index in [2.05, 4.69) is 0 Å². The van der Waals surface area contributed by atoms with Gasteiger partial charge in [0.25, 0.3) is 0 Å². The number of hydrogen-bond donors (Lipinski definition) is 2. The predicted octanol–water partition coefficient (Wildman–Crippen LogP) is 2.76. The molecule has 1 aromatic rings. The summed E-state index contributed by atoms with van der Waals surface area (Å²) in [5.41, 5.74) is 3.79. The summed E-state index contributed by atoms with van der Waals surface area (Å²) in [5, 5.41) is 10.7. The number of piperidine rings is 1. The third kappa shape index (κ3) is 5.20. The van der Waals surface area contributed by atoms with E-state index in [4.69, 9.17) is 9.57 Å². The molecule has 1 saturated carbocycles. The van der Waals surface area contributed by atoms with Crippen LogP contribution in [0.4, 0.5) is 4.79 Å². The molecule has 1 spiro atoms. The zero-order chi connectivity index (χ0) is 23.6. The van der Waals surface area contributed by atoms with Crippen LogP contribution in [0, 0.1) is 11.3 Å². The molecule has 2 amide bonds. The highest BCUT2D eigenvalue weighted by Crippen LogP contribution is 2.55. The van der Waals surface area contributed by atoms with Gasteiger partial charge in [0.15, 0.2) is 0 Å². The lowest BCUT2D eigenvalue weighted by Crippen LogP contribution is -2.61. The van der Waals surface area contributed by atoms with Gasteiger partial charge in [-0.05, 0) is 56.1 Å². The van der Waals surface area contributed by atoms with Crippen molar-refractivity contribution in [1.82, 2.24) is 15.4 Å². The Morgan fingerprint density at radius 3 is 2.48 bits per heavy atom. The number of nitrogens with zero attached hydrogens (tertiary/aromatic N) is 2. The normalized spacial score (nSPS) is 24.2. The van der Waals surface area contributed by atoms with Crippen molar-refractivity contribution in [2.24, 2.45) is 11.3 Å². The van der Waals surface area contributed by atoms with Crippen molar-refractivity contribution in [2.45, 2.75) is 51.7 Å². The molecule has 178 valence electrons. The van der Waals surface area contributed by atoms with Crippen LogP contribution < -0.4 is 5.48 Å². The molecule has 2 atom stereocenters. The van der Waals surface area contributed by atoms with Crippen LogP contribution in [0.3, 0.4) is 0 Å². The number of amides is 2. The van der Waals surface area contributed by atoms with E-state index in [1.54, 1.807) is 24.2 Å². The number of rotatable bonds is 5. The van der Waals surface area contributed by atoms with Crippen LogP contribution in [0.1, 0.15) is 45.1 Å². The smallest absolute Gasteiger partial charge is 0.430 e. The van der Waals surface area contributed by atoms with Gasteiger partial charge in [-0.3, -0.25) is 14.8 Å². The highest BCUT2D eigenvalue weighted by atomic mass is 16.8. The van der Waals surface area contributed by atoms with E-state index in [1.807, 2.05) is 36.4 Å². The van der Waals surface area contributed by atoms with E-state index in [-0.39, 0.29) is 17.4 Å². The van der Waals surface area contributed by atoms with Gasteiger partial charge in [-0.15, -0.1) is 5.06 Å². The Hall–Kier alpha value is -2.91. The van der Waals surface area contributed by atoms with Crippen LogP contribution >= 0.6 is 0 Å². The number of benzene rings is 1. The van der Waals surface area contributed by atoms with Gasteiger partial charge in [-0.1, -0.05) is 36.4 Å². The van der Waals surface area contributed by atoms with E-state index < -0.39 is 24.0 Å². The SMILES string of the molecule is CC(C)OC(=O)ON1CC2(CC2)CC(C(=O)NO)C1C(=O)N1CC=C(c2ccccc2)CC1. The number of nitrogens with one attached hydrogen (secondary N) is 1. The molecule has 3 aliphatic rings. The topological polar surface area (TPSA) is 108 Å². The number of hydrogen-bond acceptors (Lipinski definition) is 7. The minimum atomic E-state index is -1.03. The summed E-state index contributed by atoms with van der Waals surface area (Å²) in [7, 11) is 0. The maximum Gasteiger partial charge on any atom is 0.528 e. The van der Waals surface area contributed by atoms with Crippen LogP contribution in [0.5, 0.6) is 0 Å². The molecule has 9 nitrogen and oxygen atoms in total. The molecular formula is C24H31N3O6. The second-order valence-corrected chi connectivity index (χ2v) is 9.44. The van der Waals surface area contributed by atoms with Crippen LogP contribution in [-0.4, -0.2) is 64.9 Å². The second-order valence-electron chi connectivity index (χ2n) is 9.44. The van der Waals surface area contributed by atoms with Crippen molar-refractivity contribution in [1.29, 1.82) is 0 Å². The fourth-order valence-electron chi connectivity index (χ4n) is 4.80. The highest BCUT2D eigenvalue weighted by molar-refractivity contribution is 5.90. The molecule has 33 heavy (non-hydrogen) atoms. The summed E-state index contributed by atoms with van der Waals surface area (Å²) in [4.78, 5) is 45.6. The Bertz CT molecular complexity index is 927. The summed E-state index contributed by atoms with van der Waals surface area (Å²) >= 11 is 0. The average molecular weight is 458 g/mol. The molecule has 0 bridgehead atoms. The zero-order valence-corrected chi connectivity index (χ0v) is 19.0. The molecule has 1 saturated heterocycles. The Balaban J connectivity index is 1.55. The molecule has 2 unspecified atom stereocenters. The fourth-order valence-corrected chi connectivity index (χ4v) is 4.80. The number of ether oxygens (including phenoxy) is 1. The monoisotopic (exact) mass is 457 g/mol. The lowest BCUT2D eigenvalue weighted by molar-refractivity contribution is -0.206. The minimum Gasteiger partial charge on any atom is -0.430 e. The molecule has 1 aliphatic carbocycles. The van der Waals surface area contributed by atoms with Gasteiger partial charge in [0.05, 0.1) is 12.0 Å². The largest absolute Gasteiger partial charge is 0.528 e. The summed E-state index contributed by atoms with van der Waals surface area (Å²) in [6.07, 6.45) is 3.60. The van der Waals surface area contributed by atoms with E-state index in [0.29, 0.717) is 32.5 Å². The van der Waals surface area contributed by atoms with Gasteiger partial charge < -0.3 is 14.5 Å². The fraction of sp³-hybridized carbons (Fsp3) is 0.542. The van der Waals surface area contributed by atoms with Gasteiger partial charge in [-0.2, -0.15) is 0 Å². The summed E-state index contributed by atoms with van der Waals surface area (Å²) in [5.74, 6) is -1.80. The van der Waals surface area contributed by atoms with Gasteiger partial charge in [0, 0.05) is 19.6 Å². The number of carbonyl (C=O) groups is 3. The van der Waals surface area contributed by atoms with Crippen molar-refractivity contribution in [3.8, 4) is 0 Å². The van der Waals surface area contributed by atoms with Crippen LogP contribution in [-0.2, 0) is 19.2 Å². The van der Waals surface area contributed by atoms with E-state index in [0.717, 1.165) is 18.4 Å². The van der Waals surface area contributed by atoms with Crippen LogP contribution in [0.15, 0.2) is 36.4 Å². The lowest BCUT2D eigenvalue weighted by Gasteiger charge is -2.43. The Morgan fingerprint density at radius 2 is 1.91 bits per heavy atom. The van der Waals surface area contributed by atoms with E-state index in [9.17, 15) is 19.6 Å². The van der Waals surface area contributed by atoms with Crippen molar-refractivity contribution in [3.63, 3.8) is 0 Å². The molecule has 2 fully saturated rings. The predicted molar refractivity (Wildman–Crippen MR) is 119 cm³/mol. The lowest BCUT2D eigenvalue weighted by atomic mass is 9.80. The quantitative estimate of drug-likeness (QED) is 0.398. The first-order chi connectivity index (χ1) is 15.8. The summed E-state index contributed by atoms with van der Waals surface area (Å²) in [6.45, 7) is 4.63. The van der Waals surface area contributed by atoms with Crippen molar-refractivity contribution in [3.05, 3.63) is 42.0 Å². The Labute approximate surface area is 193 Å². The second kappa shape index (κ2) is 9.52. The number of hydroxylamine groups is 3. The van der Waals surface area contributed by atoms with E-state index >= 15 is 0 Å². The van der Waals surface area contributed by atoms with Gasteiger partial charge >= 0.3 is 6.16 Å². The number of carbonyl (C=O) groups excluding carboxylic acids is 3. The molecule has 2 aliphatic heterocycles. The summed E-state index contributed by atoms with van der Waals surface area (Å²) < 4.78 is 5.11. The molecule has 2 N–H and O–H groups in total. The van der Waals surface area contributed by atoms with Crippen molar-refractivity contribution in [2.75, 3.05) is 19.6 Å². The first-order valence-electron chi connectivity index (χ1n) is 11.4. The van der Waals surface area contributed by atoms with Gasteiger partial charge in [-0.25, -0.2) is 10.3 Å². The van der Waals surface area contributed by atoms with Crippen molar-refractivity contribution >= 4 is 23.5 Å². The van der Waals surface area contributed by atoms with Gasteiger partial charge in [0.2, 0.25) is 11.8 Å². The van der Waals surface area contributed by atoms with Crippen LogP contribution in [0.2, 0.25) is 0 Å².